The molecule has 0 rings (SSSR count). The molecule has 0 aliphatic rings. The third kappa shape index (κ3) is 4.50. The Morgan fingerprint density at radius 1 is 1.21 bits per heavy atom. The van der Waals surface area contributed by atoms with Crippen LogP contribution < -0.4 is 11.5 Å². The first kappa shape index (κ1) is 12.5. The molecule has 0 aromatic heterocycles. The average Bonchev–Trinajstić information content (AvgIpc) is 2.03. The lowest BCUT2D eigenvalue weighted by molar-refractivity contribution is 1.22. The largest absolute Gasteiger partial charge is 0.398 e. The molecule has 78 valence electrons. The molecular formula is C11H19N3. The predicted octanol–water partition coefficient (Wildman–Crippen LogP) is 2.07. The Hall–Kier alpha value is -1.51. The molecule has 0 spiro atoms. The molecule has 0 aromatic carbocycles. The first-order valence-electron chi connectivity index (χ1n) is 4.59. The summed E-state index contributed by atoms with van der Waals surface area (Å²) >= 11 is 0. The second-order valence-electron chi connectivity index (χ2n) is 3.29. The lowest BCUT2D eigenvalue weighted by Crippen LogP contribution is -2.18. The van der Waals surface area contributed by atoms with Gasteiger partial charge in [-0.2, -0.15) is 0 Å². The van der Waals surface area contributed by atoms with Crippen LogP contribution in [-0.4, -0.2) is 5.84 Å². The van der Waals surface area contributed by atoms with E-state index < -0.39 is 0 Å². The number of hydrogen-bond donors (Lipinski definition) is 3. The van der Waals surface area contributed by atoms with Crippen LogP contribution in [0.15, 0.2) is 35.1 Å². The second kappa shape index (κ2) is 6.02. The molecule has 0 aliphatic carbocycles. The maximum Gasteiger partial charge on any atom is 0.124 e. The number of rotatable bonds is 4. The summed E-state index contributed by atoms with van der Waals surface area (Å²) in [5.74, 6) is 0.0125. The third-order valence-corrected chi connectivity index (χ3v) is 1.75. The van der Waals surface area contributed by atoms with E-state index in [0.717, 1.165) is 6.42 Å². The lowest BCUT2D eigenvalue weighted by atomic mass is 10.1. The van der Waals surface area contributed by atoms with Gasteiger partial charge < -0.3 is 11.5 Å². The molecule has 0 saturated carbocycles. The van der Waals surface area contributed by atoms with Crippen molar-refractivity contribution in [2.45, 2.75) is 27.2 Å². The highest BCUT2D eigenvalue weighted by atomic mass is 14.7. The van der Waals surface area contributed by atoms with Gasteiger partial charge in [0.15, 0.2) is 0 Å². The molecular weight excluding hydrogens is 174 g/mol. The van der Waals surface area contributed by atoms with Gasteiger partial charge in [-0.25, -0.2) is 0 Å². The van der Waals surface area contributed by atoms with Crippen LogP contribution in [0, 0.1) is 5.41 Å². The number of nitrogens with one attached hydrogen (secondary N) is 1. The summed E-state index contributed by atoms with van der Waals surface area (Å²) < 4.78 is 0. The minimum atomic E-state index is 0.0125. The summed E-state index contributed by atoms with van der Waals surface area (Å²) in [4.78, 5) is 0. The van der Waals surface area contributed by atoms with Crippen molar-refractivity contribution in [2.24, 2.45) is 11.5 Å². The van der Waals surface area contributed by atoms with Gasteiger partial charge >= 0.3 is 0 Å². The molecule has 0 atom stereocenters. The summed E-state index contributed by atoms with van der Waals surface area (Å²) in [7, 11) is 0. The molecule has 0 fully saturated rings. The molecule has 0 amide bonds. The molecule has 0 saturated heterocycles. The van der Waals surface area contributed by atoms with E-state index in [1.807, 2.05) is 26.8 Å². The van der Waals surface area contributed by atoms with Gasteiger partial charge in [-0.1, -0.05) is 23.8 Å². The van der Waals surface area contributed by atoms with Crippen molar-refractivity contribution in [1.29, 1.82) is 5.41 Å². The summed E-state index contributed by atoms with van der Waals surface area (Å²) in [6.07, 6.45) is 6.46. The summed E-state index contributed by atoms with van der Waals surface area (Å²) in [5.41, 5.74) is 13.5. The zero-order chi connectivity index (χ0) is 11.1. The van der Waals surface area contributed by atoms with E-state index in [1.54, 1.807) is 6.08 Å². The predicted molar refractivity (Wildman–Crippen MR) is 62.0 cm³/mol. The molecule has 14 heavy (non-hydrogen) atoms. The van der Waals surface area contributed by atoms with Crippen LogP contribution in [0.1, 0.15) is 27.2 Å². The van der Waals surface area contributed by atoms with Crippen LogP contribution in [0.5, 0.6) is 0 Å². The summed E-state index contributed by atoms with van der Waals surface area (Å²) in [6.45, 7) is 5.88. The van der Waals surface area contributed by atoms with E-state index in [4.69, 9.17) is 16.9 Å². The Bertz CT molecular complexity index is 292. The van der Waals surface area contributed by atoms with Crippen molar-refractivity contribution >= 4 is 5.84 Å². The van der Waals surface area contributed by atoms with Crippen molar-refractivity contribution in [2.75, 3.05) is 0 Å². The first-order valence-corrected chi connectivity index (χ1v) is 4.59. The van der Waals surface area contributed by atoms with Crippen molar-refractivity contribution < 1.29 is 0 Å². The molecule has 5 N–H and O–H groups in total. The number of hydrogen-bond acceptors (Lipinski definition) is 2. The van der Waals surface area contributed by atoms with Gasteiger partial charge in [0.2, 0.25) is 0 Å². The van der Waals surface area contributed by atoms with Gasteiger partial charge in [0.25, 0.3) is 0 Å². The lowest BCUT2D eigenvalue weighted by Gasteiger charge is -2.04. The Labute approximate surface area is 85.7 Å². The maximum atomic E-state index is 7.28. The molecule has 0 heterocycles. The fourth-order valence-corrected chi connectivity index (χ4v) is 1.01. The summed E-state index contributed by atoms with van der Waals surface area (Å²) in [6, 6.07) is 0. The Kier molecular flexibility index (Phi) is 5.37. The van der Waals surface area contributed by atoms with Crippen LogP contribution in [0.25, 0.3) is 0 Å². The first-order chi connectivity index (χ1) is 6.49. The van der Waals surface area contributed by atoms with Gasteiger partial charge in [0.1, 0.15) is 5.84 Å². The fraction of sp³-hybridized carbons (Fsp3) is 0.364. The van der Waals surface area contributed by atoms with Crippen molar-refractivity contribution in [1.82, 2.24) is 0 Å². The zero-order valence-corrected chi connectivity index (χ0v) is 9.09. The van der Waals surface area contributed by atoms with E-state index in [0.29, 0.717) is 11.3 Å². The van der Waals surface area contributed by atoms with Crippen molar-refractivity contribution in [3.63, 3.8) is 0 Å². The van der Waals surface area contributed by atoms with E-state index in [1.165, 1.54) is 5.57 Å². The number of allylic oxidation sites excluding steroid dienone is 4. The minimum absolute atomic E-state index is 0.0125. The highest BCUT2D eigenvalue weighted by molar-refractivity contribution is 5.98. The monoisotopic (exact) mass is 193 g/mol. The quantitative estimate of drug-likeness (QED) is 0.277. The minimum Gasteiger partial charge on any atom is -0.398 e. The van der Waals surface area contributed by atoms with Gasteiger partial charge in [0.05, 0.1) is 0 Å². The standard InChI is InChI=1S/C11H19N3/c1-4-9(11(13)14)10(12)7-5-6-8(2)3/h4,6-7H,5,12H2,1-3H3,(H3,13,14)/b9-4+,10-7?. The van der Waals surface area contributed by atoms with Crippen LogP contribution >= 0.6 is 0 Å². The second-order valence-corrected chi connectivity index (χ2v) is 3.29. The van der Waals surface area contributed by atoms with Gasteiger partial charge in [-0.15, -0.1) is 0 Å². The molecule has 0 aliphatic heterocycles. The van der Waals surface area contributed by atoms with Crippen molar-refractivity contribution in [3.8, 4) is 0 Å². The third-order valence-electron chi connectivity index (χ3n) is 1.75. The smallest absolute Gasteiger partial charge is 0.124 e. The Morgan fingerprint density at radius 3 is 2.14 bits per heavy atom. The average molecular weight is 193 g/mol. The molecule has 0 bridgehead atoms. The topological polar surface area (TPSA) is 75.9 Å². The molecule has 3 heteroatoms. The van der Waals surface area contributed by atoms with E-state index in [-0.39, 0.29) is 5.84 Å². The van der Waals surface area contributed by atoms with Crippen LogP contribution in [0.3, 0.4) is 0 Å². The van der Waals surface area contributed by atoms with Crippen LogP contribution in [0.4, 0.5) is 0 Å². The molecule has 3 nitrogen and oxygen atoms in total. The fourth-order valence-electron chi connectivity index (χ4n) is 1.01. The van der Waals surface area contributed by atoms with Crippen molar-refractivity contribution in [3.05, 3.63) is 35.1 Å². The van der Waals surface area contributed by atoms with E-state index >= 15 is 0 Å². The SMILES string of the molecule is C/C=C(/C(=N)N)C(N)=CCC=C(C)C. The normalized spacial score (nSPS) is 12.5. The van der Waals surface area contributed by atoms with Gasteiger partial charge in [-0.05, 0) is 27.2 Å². The zero-order valence-electron chi connectivity index (χ0n) is 9.09. The van der Waals surface area contributed by atoms with Gasteiger partial charge in [-0.3, -0.25) is 5.41 Å². The highest BCUT2D eigenvalue weighted by Crippen LogP contribution is 2.05. The number of nitrogens with two attached hydrogens (primary N) is 2. The highest BCUT2D eigenvalue weighted by Gasteiger charge is 2.01. The number of amidine groups is 1. The molecule has 0 unspecified atom stereocenters. The van der Waals surface area contributed by atoms with Crippen LogP contribution in [-0.2, 0) is 0 Å². The summed E-state index contributed by atoms with van der Waals surface area (Å²) in [5, 5.41) is 7.28. The van der Waals surface area contributed by atoms with E-state index in [2.05, 4.69) is 6.08 Å². The van der Waals surface area contributed by atoms with Gasteiger partial charge in [0, 0.05) is 11.3 Å². The van der Waals surface area contributed by atoms with Crippen LogP contribution in [0.2, 0.25) is 0 Å². The Balaban J connectivity index is 4.52. The van der Waals surface area contributed by atoms with E-state index in [9.17, 15) is 0 Å². The molecule has 0 aromatic rings. The Morgan fingerprint density at radius 2 is 1.79 bits per heavy atom. The maximum absolute atomic E-state index is 7.28. The molecule has 0 radical (unpaired) electrons.